The number of hydrogen-bond acceptors (Lipinski definition) is 8. The molecule has 0 saturated carbocycles. The first-order valence-electron chi connectivity index (χ1n) is 13.6. The molecule has 8 nitrogen and oxygen atoms in total. The minimum absolute atomic E-state index is 0.221. The number of hydrogen-bond donors (Lipinski definition) is 0. The molecule has 0 aliphatic carbocycles. The zero-order chi connectivity index (χ0) is 29.8. The Labute approximate surface area is 248 Å². The van der Waals surface area contributed by atoms with Gasteiger partial charge in [-0.25, -0.2) is 9.79 Å². The van der Waals surface area contributed by atoms with Crippen LogP contribution in [0.5, 0.6) is 11.5 Å². The molecular formula is C33H33N3O5S. The third kappa shape index (κ3) is 5.87. The molecule has 0 spiro atoms. The van der Waals surface area contributed by atoms with Crippen molar-refractivity contribution in [3.8, 4) is 11.5 Å². The first-order valence-corrected chi connectivity index (χ1v) is 14.4. The van der Waals surface area contributed by atoms with Gasteiger partial charge in [0.1, 0.15) is 6.61 Å². The van der Waals surface area contributed by atoms with Gasteiger partial charge in [0.25, 0.3) is 5.56 Å². The molecule has 4 aromatic rings. The van der Waals surface area contributed by atoms with Crippen LogP contribution in [0, 0.1) is 0 Å². The Morgan fingerprint density at radius 1 is 1.05 bits per heavy atom. The van der Waals surface area contributed by atoms with Crippen molar-refractivity contribution >= 4 is 29.1 Å². The maximum atomic E-state index is 13.9. The van der Waals surface area contributed by atoms with E-state index in [1.807, 2.05) is 97.9 Å². The molecule has 1 atom stereocenters. The van der Waals surface area contributed by atoms with Gasteiger partial charge in [0.05, 0.1) is 35.6 Å². The molecule has 0 saturated heterocycles. The van der Waals surface area contributed by atoms with Crippen molar-refractivity contribution in [2.24, 2.45) is 4.99 Å². The number of benzene rings is 3. The first-order chi connectivity index (χ1) is 20.3. The number of allylic oxidation sites excluding steroid dienone is 1. The van der Waals surface area contributed by atoms with Crippen molar-refractivity contribution in [2.45, 2.75) is 26.5 Å². The average Bonchev–Trinajstić information content (AvgIpc) is 3.30. The number of nitrogens with zero attached hydrogens (tertiary/aromatic N) is 3. The third-order valence-corrected chi connectivity index (χ3v) is 7.95. The van der Waals surface area contributed by atoms with Gasteiger partial charge in [-0.3, -0.25) is 9.36 Å². The van der Waals surface area contributed by atoms with E-state index in [1.54, 1.807) is 25.5 Å². The van der Waals surface area contributed by atoms with E-state index in [9.17, 15) is 9.59 Å². The van der Waals surface area contributed by atoms with Crippen molar-refractivity contribution in [1.29, 1.82) is 0 Å². The minimum atomic E-state index is -0.665. The molecule has 9 heteroatoms. The summed E-state index contributed by atoms with van der Waals surface area (Å²) in [5, 5.41) is 0. The summed E-state index contributed by atoms with van der Waals surface area (Å²) < 4.78 is 19.1. The maximum Gasteiger partial charge on any atom is 0.338 e. The number of fused-ring (bicyclic) bond motifs is 1. The van der Waals surface area contributed by atoms with Crippen molar-refractivity contribution in [3.05, 3.63) is 120 Å². The zero-order valence-electron chi connectivity index (χ0n) is 24.3. The summed E-state index contributed by atoms with van der Waals surface area (Å²) in [5.41, 5.74) is 4.28. The van der Waals surface area contributed by atoms with E-state index < -0.39 is 12.0 Å². The Hall–Kier alpha value is -4.63. The second-order valence-corrected chi connectivity index (χ2v) is 11.0. The predicted molar refractivity (Wildman–Crippen MR) is 165 cm³/mol. The Bertz CT molecular complexity index is 1810. The Morgan fingerprint density at radius 2 is 1.79 bits per heavy atom. The summed E-state index contributed by atoms with van der Waals surface area (Å²) in [6.07, 6.45) is 1.81. The van der Waals surface area contributed by atoms with Crippen LogP contribution in [0.1, 0.15) is 36.6 Å². The van der Waals surface area contributed by atoms with Crippen LogP contribution >= 0.6 is 11.3 Å². The fourth-order valence-corrected chi connectivity index (χ4v) is 5.89. The summed E-state index contributed by atoms with van der Waals surface area (Å²) in [6, 6.07) is 22.6. The summed E-state index contributed by atoms with van der Waals surface area (Å²) in [4.78, 5) is 34.3. The lowest BCUT2D eigenvalue weighted by atomic mass is 9.95. The molecule has 216 valence electrons. The molecular weight excluding hydrogens is 550 g/mol. The largest absolute Gasteiger partial charge is 0.493 e. The van der Waals surface area contributed by atoms with Gasteiger partial charge in [0.15, 0.2) is 16.3 Å². The van der Waals surface area contributed by atoms with E-state index in [-0.39, 0.29) is 12.2 Å². The average molecular weight is 584 g/mol. The minimum Gasteiger partial charge on any atom is -0.493 e. The van der Waals surface area contributed by atoms with E-state index in [4.69, 9.17) is 14.2 Å². The van der Waals surface area contributed by atoms with E-state index in [2.05, 4.69) is 4.99 Å². The molecule has 3 aromatic carbocycles. The van der Waals surface area contributed by atoms with Crippen LogP contribution in [0.3, 0.4) is 0 Å². The molecule has 1 aromatic heterocycles. The van der Waals surface area contributed by atoms with Crippen molar-refractivity contribution in [2.75, 3.05) is 32.7 Å². The maximum absolute atomic E-state index is 13.9. The fraction of sp³-hybridized carbons (Fsp3) is 0.242. The van der Waals surface area contributed by atoms with Crippen LogP contribution in [-0.4, -0.2) is 38.3 Å². The van der Waals surface area contributed by atoms with Gasteiger partial charge in [-0.2, -0.15) is 0 Å². The summed E-state index contributed by atoms with van der Waals surface area (Å²) >= 11 is 1.28. The molecule has 1 unspecified atom stereocenters. The highest BCUT2D eigenvalue weighted by atomic mass is 32.1. The number of ether oxygens (including phenoxy) is 3. The lowest BCUT2D eigenvalue weighted by Crippen LogP contribution is -2.39. The Kier molecular flexibility index (Phi) is 8.59. The van der Waals surface area contributed by atoms with Gasteiger partial charge in [-0.1, -0.05) is 59.9 Å². The van der Waals surface area contributed by atoms with Crippen LogP contribution in [-0.2, 0) is 16.1 Å². The number of aromatic nitrogens is 1. The molecule has 2 heterocycles. The van der Waals surface area contributed by atoms with Gasteiger partial charge in [0.2, 0.25) is 0 Å². The van der Waals surface area contributed by atoms with Crippen molar-refractivity contribution < 1.29 is 19.0 Å². The molecule has 0 fully saturated rings. The number of carbonyl (C=O) groups excluding carboxylic acids is 1. The highest BCUT2D eigenvalue weighted by molar-refractivity contribution is 7.07. The first kappa shape index (κ1) is 28.9. The smallest absolute Gasteiger partial charge is 0.338 e. The summed E-state index contributed by atoms with van der Waals surface area (Å²) in [6.45, 7) is 4.17. The molecule has 5 rings (SSSR count). The third-order valence-electron chi connectivity index (χ3n) is 6.96. The van der Waals surface area contributed by atoms with Crippen LogP contribution in [0.2, 0.25) is 0 Å². The standard InChI is InChI=1S/C33H33N3O5S/c1-6-40-32(38)29-21(2)34-33-36(30(29)24-13-15-25(16-14-24)35(3)4)31(37)28(42-33)19-23-12-17-26(27(18-23)39-5)41-20-22-10-8-7-9-11-22/h7-19,30H,6,20H2,1-5H3. The number of rotatable bonds is 9. The van der Waals surface area contributed by atoms with Crippen LogP contribution in [0.25, 0.3) is 6.08 Å². The van der Waals surface area contributed by atoms with E-state index in [0.717, 1.165) is 22.4 Å². The second-order valence-electron chi connectivity index (χ2n) is 9.97. The molecule has 0 amide bonds. The molecule has 0 N–H and O–H groups in total. The van der Waals surface area contributed by atoms with Crippen molar-refractivity contribution in [3.63, 3.8) is 0 Å². The molecule has 0 radical (unpaired) electrons. The Balaban J connectivity index is 1.55. The topological polar surface area (TPSA) is 82.4 Å². The van der Waals surface area contributed by atoms with Crippen LogP contribution < -0.4 is 29.3 Å². The number of methoxy groups -OCH3 is 1. The fourth-order valence-electron chi connectivity index (χ4n) is 4.84. The molecule has 1 aliphatic heterocycles. The molecule has 1 aliphatic rings. The van der Waals surface area contributed by atoms with Gasteiger partial charge < -0.3 is 19.1 Å². The number of esters is 1. The second kappa shape index (κ2) is 12.5. The van der Waals surface area contributed by atoms with E-state index in [1.165, 1.54) is 11.3 Å². The number of thiazole rings is 1. The summed E-state index contributed by atoms with van der Waals surface area (Å²) in [5.74, 6) is 0.688. The lowest BCUT2D eigenvalue weighted by molar-refractivity contribution is -0.139. The molecule has 42 heavy (non-hydrogen) atoms. The number of carbonyl (C=O) groups is 1. The van der Waals surface area contributed by atoms with Crippen molar-refractivity contribution in [1.82, 2.24) is 4.57 Å². The normalized spacial score (nSPS) is 14.7. The van der Waals surface area contributed by atoms with Crippen LogP contribution in [0.4, 0.5) is 5.69 Å². The Morgan fingerprint density at radius 3 is 2.45 bits per heavy atom. The monoisotopic (exact) mass is 583 g/mol. The van der Waals surface area contributed by atoms with Gasteiger partial charge in [-0.15, -0.1) is 0 Å². The highest BCUT2D eigenvalue weighted by Crippen LogP contribution is 2.32. The van der Waals surface area contributed by atoms with E-state index >= 15 is 0 Å². The zero-order valence-corrected chi connectivity index (χ0v) is 25.1. The lowest BCUT2D eigenvalue weighted by Gasteiger charge is -2.25. The SMILES string of the molecule is CCOC(=O)C1=C(C)N=c2sc(=Cc3ccc(OCc4ccccc4)c(OC)c3)c(=O)n2C1c1ccc(N(C)C)cc1. The highest BCUT2D eigenvalue weighted by Gasteiger charge is 2.33. The molecule has 0 bridgehead atoms. The van der Waals surface area contributed by atoms with Gasteiger partial charge in [-0.05, 0) is 60.9 Å². The van der Waals surface area contributed by atoms with Gasteiger partial charge >= 0.3 is 5.97 Å². The van der Waals surface area contributed by atoms with Gasteiger partial charge in [0, 0.05) is 19.8 Å². The quantitative estimate of drug-likeness (QED) is 0.271. The predicted octanol–water partition coefficient (Wildman–Crippen LogP) is 4.45. The van der Waals surface area contributed by atoms with Crippen LogP contribution in [0.15, 0.2) is 93.9 Å². The van der Waals surface area contributed by atoms with E-state index in [0.29, 0.717) is 38.7 Å². The number of anilines is 1. The summed E-state index contributed by atoms with van der Waals surface area (Å²) in [7, 11) is 5.51.